The lowest BCUT2D eigenvalue weighted by atomic mass is 10.1. The third-order valence-corrected chi connectivity index (χ3v) is 5.04. The van der Waals surface area contributed by atoms with Crippen LogP contribution in [0.15, 0.2) is 78.9 Å². The standard InChI is InChI=1S/C26H29N3O3/c1-4-19(2)32-24-15-9-12-22(17-24)28-25(30)18-27-21-11-8-10-20(16-21)26(31)29(3)23-13-6-5-7-14-23/h5-17,19,27H,4,18H2,1-3H3,(H,28,30). The van der Waals surface area contributed by atoms with Crippen LogP contribution in [-0.2, 0) is 4.79 Å². The molecule has 3 rings (SSSR count). The van der Waals surface area contributed by atoms with Crippen LogP contribution in [0.1, 0.15) is 30.6 Å². The Morgan fingerprint density at radius 3 is 2.41 bits per heavy atom. The van der Waals surface area contributed by atoms with E-state index in [0.29, 0.717) is 16.9 Å². The summed E-state index contributed by atoms with van der Waals surface area (Å²) >= 11 is 0. The first kappa shape index (κ1) is 22.9. The first-order valence-electron chi connectivity index (χ1n) is 10.7. The summed E-state index contributed by atoms with van der Waals surface area (Å²) in [5.41, 5.74) is 2.72. The minimum Gasteiger partial charge on any atom is -0.491 e. The topological polar surface area (TPSA) is 70.7 Å². The van der Waals surface area contributed by atoms with Crippen LogP contribution in [0.2, 0.25) is 0 Å². The fourth-order valence-corrected chi connectivity index (χ4v) is 3.08. The average molecular weight is 432 g/mol. The molecule has 6 heteroatoms. The highest BCUT2D eigenvalue weighted by Gasteiger charge is 2.14. The largest absolute Gasteiger partial charge is 0.491 e. The molecule has 1 unspecified atom stereocenters. The van der Waals surface area contributed by atoms with Crippen LogP contribution in [0.25, 0.3) is 0 Å². The summed E-state index contributed by atoms with van der Waals surface area (Å²) in [6.45, 7) is 4.14. The second-order valence-corrected chi connectivity index (χ2v) is 7.55. The van der Waals surface area contributed by atoms with Gasteiger partial charge in [0.25, 0.3) is 5.91 Å². The maximum Gasteiger partial charge on any atom is 0.258 e. The Labute approximate surface area is 189 Å². The normalized spacial score (nSPS) is 11.3. The molecule has 0 aliphatic heterocycles. The van der Waals surface area contributed by atoms with Crippen molar-refractivity contribution in [3.8, 4) is 5.75 Å². The molecular weight excluding hydrogens is 402 g/mol. The van der Waals surface area contributed by atoms with Crippen molar-refractivity contribution in [2.24, 2.45) is 0 Å². The number of nitrogens with zero attached hydrogens (tertiary/aromatic N) is 1. The van der Waals surface area contributed by atoms with Crippen molar-refractivity contribution in [1.29, 1.82) is 0 Å². The van der Waals surface area contributed by atoms with Gasteiger partial charge in [0.15, 0.2) is 0 Å². The van der Waals surface area contributed by atoms with Gasteiger partial charge in [-0.15, -0.1) is 0 Å². The van der Waals surface area contributed by atoms with Gasteiger partial charge in [-0.05, 0) is 55.8 Å². The number of ether oxygens (including phenoxy) is 1. The number of anilines is 3. The summed E-state index contributed by atoms with van der Waals surface area (Å²) in [7, 11) is 1.74. The van der Waals surface area contributed by atoms with Gasteiger partial charge in [0, 0.05) is 35.7 Å². The Bertz CT molecular complexity index is 1050. The second kappa shape index (κ2) is 11.0. The van der Waals surface area contributed by atoms with Gasteiger partial charge in [-0.25, -0.2) is 0 Å². The Hall–Kier alpha value is -3.80. The SMILES string of the molecule is CCC(C)Oc1cccc(NC(=O)CNc2cccc(C(=O)N(C)c3ccccc3)c2)c1. The number of carbonyl (C=O) groups excluding carboxylic acids is 2. The molecule has 0 heterocycles. The summed E-state index contributed by atoms with van der Waals surface area (Å²) in [6, 6.07) is 23.9. The molecule has 3 aromatic rings. The van der Waals surface area contributed by atoms with Crippen molar-refractivity contribution < 1.29 is 14.3 Å². The second-order valence-electron chi connectivity index (χ2n) is 7.55. The number of benzene rings is 3. The molecule has 0 aromatic heterocycles. The first-order chi connectivity index (χ1) is 15.5. The average Bonchev–Trinajstić information content (AvgIpc) is 2.82. The fraction of sp³-hybridized carbons (Fsp3) is 0.231. The summed E-state index contributed by atoms with van der Waals surface area (Å²) in [5.74, 6) is 0.408. The van der Waals surface area contributed by atoms with Crippen LogP contribution < -0.4 is 20.3 Å². The molecule has 166 valence electrons. The summed E-state index contributed by atoms with van der Waals surface area (Å²) < 4.78 is 5.80. The van der Waals surface area contributed by atoms with E-state index in [1.807, 2.05) is 67.6 Å². The van der Waals surface area contributed by atoms with Crippen LogP contribution >= 0.6 is 0 Å². The number of rotatable bonds is 9. The number of para-hydroxylation sites is 1. The van der Waals surface area contributed by atoms with E-state index in [2.05, 4.69) is 17.6 Å². The molecule has 0 saturated carbocycles. The van der Waals surface area contributed by atoms with Crippen LogP contribution in [-0.4, -0.2) is 31.5 Å². The van der Waals surface area contributed by atoms with E-state index in [0.717, 1.165) is 17.9 Å². The van der Waals surface area contributed by atoms with Gasteiger partial charge in [-0.1, -0.05) is 37.3 Å². The smallest absolute Gasteiger partial charge is 0.258 e. The molecule has 2 N–H and O–H groups in total. The number of hydrogen-bond acceptors (Lipinski definition) is 4. The van der Waals surface area contributed by atoms with E-state index in [4.69, 9.17) is 4.74 Å². The Morgan fingerprint density at radius 1 is 0.938 bits per heavy atom. The minimum atomic E-state index is -0.191. The highest BCUT2D eigenvalue weighted by atomic mass is 16.5. The molecule has 1 atom stereocenters. The van der Waals surface area contributed by atoms with Crippen LogP contribution in [0, 0.1) is 0 Å². The molecule has 32 heavy (non-hydrogen) atoms. The zero-order chi connectivity index (χ0) is 22.9. The van der Waals surface area contributed by atoms with Crippen molar-refractivity contribution in [3.63, 3.8) is 0 Å². The third kappa shape index (κ3) is 6.35. The molecule has 0 saturated heterocycles. The summed E-state index contributed by atoms with van der Waals surface area (Å²) in [4.78, 5) is 26.8. The van der Waals surface area contributed by atoms with Gasteiger partial charge in [0.1, 0.15) is 5.75 Å². The van der Waals surface area contributed by atoms with Crippen LogP contribution in [0.5, 0.6) is 5.75 Å². The van der Waals surface area contributed by atoms with Crippen molar-refractivity contribution >= 4 is 28.9 Å². The first-order valence-corrected chi connectivity index (χ1v) is 10.7. The van der Waals surface area contributed by atoms with Crippen molar-refractivity contribution in [2.75, 3.05) is 29.1 Å². The quantitative estimate of drug-likeness (QED) is 0.489. The zero-order valence-corrected chi connectivity index (χ0v) is 18.7. The van der Waals surface area contributed by atoms with Crippen molar-refractivity contribution in [1.82, 2.24) is 0 Å². The van der Waals surface area contributed by atoms with Gasteiger partial charge < -0.3 is 20.3 Å². The Balaban J connectivity index is 1.57. The van der Waals surface area contributed by atoms with Crippen molar-refractivity contribution in [3.05, 3.63) is 84.4 Å². The van der Waals surface area contributed by atoms with E-state index >= 15 is 0 Å². The highest BCUT2D eigenvalue weighted by Crippen LogP contribution is 2.20. The predicted octanol–water partition coefficient (Wildman–Crippen LogP) is 5.19. The number of hydrogen-bond donors (Lipinski definition) is 2. The van der Waals surface area contributed by atoms with Gasteiger partial charge in [0.2, 0.25) is 5.91 Å². The molecule has 0 bridgehead atoms. The molecule has 0 aliphatic carbocycles. The monoisotopic (exact) mass is 431 g/mol. The number of nitrogens with one attached hydrogen (secondary N) is 2. The molecular formula is C26H29N3O3. The van der Waals surface area contributed by atoms with Crippen LogP contribution in [0.4, 0.5) is 17.1 Å². The third-order valence-electron chi connectivity index (χ3n) is 5.04. The highest BCUT2D eigenvalue weighted by molar-refractivity contribution is 6.06. The number of amides is 2. The molecule has 0 aliphatic rings. The van der Waals surface area contributed by atoms with E-state index in [-0.39, 0.29) is 24.5 Å². The number of carbonyl (C=O) groups is 2. The van der Waals surface area contributed by atoms with Gasteiger partial charge in [-0.3, -0.25) is 9.59 Å². The van der Waals surface area contributed by atoms with Gasteiger partial charge >= 0.3 is 0 Å². The van der Waals surface area contributed by atoms with E-state index in [9.17, 15) is 9.59 Å². The van der Waals surface area contributed by atoms with Gasteiger partial charge in [0.05, 0.1) is 12.6 Å². The molecule has 6 nitrogen and oxygen atoms in total. The van der Waals surface area contributed by atoms with Gasteiger partial charge in [-0.2, -0.15) is 0 Å². The zero-order valence-electron chi connectivity index (χ0n) is 18.7. The van der Waals surface area contributed by atoms with E-state index in [1.165, 1.54) is 0 Å². The summed E-state index contributed by atoms with van der Waals surface area (Å²) in [5, 5.41) is 5.94. The fourth-order valence-electron chi connectivity index (χ4n) is 3.08. The lowest BCUT2D eigenvalue weighted by Crippen LogP contribution is -2.26. The Kier molecular flexibility index (Phi) is 7.86. The maximum atomic E-state index is 12.8. The van der Waals surface area contributed by atoms with Crippen molar-refractivity contribution in [2.45, 2.75) is 26.4 Å². The predicted molar refractivity (Wildman–Crippen MR) is 130 cm³/mol. The molecule has 2 amide bonds. The van der Waals surface area contributed by atoms with Crippen LogP contribution in [0.3, 0.4) is 0 Å². The van der Waals surface area contributed by atoms with E-state index < -0.39 is 0 Å². The summed E-state index contributed by atoms with van der Waals surface area (Å²) in [6.07, 6.45) is 1.02. The van der Waals surface area contributed by atoms with E-state index in [1.54, 1.807) is 30.1 Å². The molecule has 0 fully saturated rings. The minimum absolute atomic E-state index is 0.0720. The molecule has 0 spiro atoms. The molecule has 3 aromatic carbocycles. The lowest BCUT2D eigenvalue weighted by Gasteiger charge is -2.18. The Morgan fingerprint density at radius 2 is 1.66 bits per heavy atom. The molecule has 0 radical (unpaired) electrons. The lowest BCUT2D eigenvalue weighted by molar-refractivity contribution is -0.114. The maximum absolute atomic E-state index is 12.8.